The fraction of sp³-hybridized carbons (Fsp3) is 0.0556. The van der Waals surface area contributed by atoms with E-state index < -0.39 is 17.6 Å². The van der Waals surface area contributed by atoms with Crippen LogP contribution in [0.25, 0.3) is 10.8 Å². The van der Waals surface area contributed by atoms with Gasteiger partial charge < -0.3 is 5.32 Å². The fourth-order valence-electron chi connectivity index (χ4n) is 2.36. The summed E-state index contributed by atoms with van der Waals surface area (Å²) in [4.78, 5) is 25.2. The molecule has 24 heavy (non-hydrogen) atoms. The summed E-state index contributed by atoms with van der Waals surface area (Å²) in [7, 11) is 0. The largest absolute Gasteiger partial charge is 0.324 e. The molecule has 0 bridgehead atoms. The van der Waals surface area contributed by atoms with Crippen molar-refractivity contribution in [3.8, 4) is 6.07 Å². The number of nitrogens with one attached hydrogen (secondary N) is 1. The van der Waals surface area contributed by atoms with Crippen LogP contribution in [0.5, 0.6) is 0 Å². The molecule has 0 radical (unpaired) electrons. The molecule has 0 aliphatic carbocycles. The molecule has 0 aliphatic rings. The number of amides is 1. The first kappa shape index (κ1) is 16.4. The van der Waals surface area contributed by atoms with E-state index in [-0.39, 0.29) is 0 Å². The predicted molar refractivity (Wildman–Crippen MR) is 98.0 cm³/mol. The molecule has 1 amide bonds. The number of rotatable bonds is 4. The van der Waals surface area contributed by atoms with E-state index in [1.807, 2.05) is 42.5 Å². The maximum atomic E-state index is 12.4. The smallest absolute Gasteiger partial charge is 0.249 e. The van der Waals surface area contributed by atoms with Gasteiger partial charge in [0.15, 0.2) is 11.7 Å². The predicted octanol–water partition coefficient (Wildman–Crippen LogP) is 4.62. The highest BCUT2D eigenvalue weighted by Crippen LogP contribution is 2.26. The Labute approximate surface area is 150 Å². The van der Waals surface area contributed by atoms with Crippen molar-refractivity contribution in [2.45, 2.75) is 0 Å². The SMILES string of the molecule is N#CC(C(=O)Nc1cccc2ccccc12)C(=O)c1ccc(Br)s1. The molecule has 3 rings (SSSR count). The van der Waals surface area contributed by atoms with Crippen LogP contribution >= 0.6 is 27.3 Å². The number of hydrogen-bond donors (Lipinski definition) is 1. The van der Waals surface area contributed by atoms with Gasteiger partial charge >= 0.3 is 0 Å². The molecule has 0 spiro atoms. The second-order valence-electron chi connectivity index (χ2n) is 5.05. The van der Waals surface area contributed by atoms with Gasteiger partial charge in [0.25, 0.3) is 0 Å². The van der Waals surface area contributed by atoms with Crippen molar-refractivity contribution in [3.05, 3.63) is 63.3 Å². The van der Waals surface area contributed by atoms with Crippen LogP contribution in [0, 0.1) is 17.2 Å². The van der Waals surface area contributed by atoms with Crippen molar-refractivity contribution in [1.29, 1.82) is 5.26 Å². The number of anilines is 1. The van der Waals surface area contributed by atoms with Gasteiger partial charge in [-0.25, -0.2) is 0 Å². The molecule has 1 heterocycles. The van der Waals surface area contributed by atoms with Crippen LogP contribution in [0.3, 0.4) is 0 Å². The second-order valence-corrected chi connectivity index (χ2v) is 7.51. The van der Waals surface area contributed by atoms with Crippen molar-refractivity contribution in [1.82, 2.24) is 0 Å². The molecular formula is C18H11BrN2O2S. The minimum atomic E-state index is -1.38. The van der Waals surface area contributed by atoms with E-state index in [4.69, 9.17) is 0 Å². The highest BCUT2D eigenvalue weighted by Gasteiger charge is 2.29. The van der Waals surface area contributed by atoms with Gasteiger partial charge in [0.2, 0.25) is 5.91 Å². The number of hydrogen-bond acceptors (Lipinski definition) is 4. The zero-order chi connectivity index (χ0) is 17.1. The Balaban J connectivity index is 1.87. The van der Waals surface area contributed by atoms with E-state index in [1.165, 1.54) is 11.3 Å². The van der Waals surface area contributed by atoms with Crippen LogP contribution in [0.15, 0.2) is 58.4 Å². The highest BCUT2D eigenvalue weighted by atomic mass is 79.9. The minimum Gasteiger partial charge on any atom is -0.324 e. The van der Waals surface area contributed by atoms with E-state index in [0.29, 0.717) is 10.6 Å². The van der Waals surface area contributed by atoms with Gasteiger partial charge in [-0.2, -0.15) is 5.26 Å². The number of nitrogens with zero attached hydrogens (tertiary/aromatic N) is 1. The molecule has 1 atom stereocenters. The maximum absolute atomic E-state index is 12.4. The van der Waals surface area contributed by atoms with E-state index in [1.54, 1.807) is 18.2 Å². The van der Waals surface area contributed by atoms with Crippen LogP contribution in [-0.2, 0) is 4.79 Å². The maximum Gasteiger partial charge on any atom is 0.249 e. The molecule has 0 saturated carbocycles. The first-order chi connectivity index (χ1) is 11.6. The third-order valence-electron chi connectivity index (χ3n) is 3.52. The van der Waals surface area contributed by atoms with E-state index >= 15 is 0 Å². The number of carbonyl (C=O) groups excluding carboxylic acids is 2. The van der Waals surface area contributed by atoms with Crippen molar-refractivity contribution in [3.63, 3.8) is 0 Å². The van der Waals surface area contributed by atoms with Crippen LogP contribution in [0.1, 0.15) is 9.67 Å². The molecule has 2 aromatic carbocycles. The van der Waals surface area contributed by atoms with Crippen LogP contribution in [0.4, 0.5) is 5.69 Å². The lowest BCUT2D eigenvalue weighted by atomic mass is 10.0. The summed E-state index contributed by atoms with van der Waals surface area (Å²) >= 11 is 4.47. The first-order valence-corrected chi connectivity index (χ1v) is 8.69. The van der Waals surface area contributed by atoms with E-state index in [0.717, 1.165) is 14.6 Å². The minimum absolute atomic E-state index is 0.376. The molecule has 1 aromatic heterocycles. The number of benzene rings is 2. The molecule has 0 saturated heterocycles. The molecule has 0 fully saturated rings. The first-order valence-electron chi connectivity index (χ1n) is 7.08. The van der Waals surface area contributed by atoms with Gasteiger partial charge in [-0.3, -0.25) is 9.59 Å². The van der Waals surface area contributed by atoms with Gasteiger partial charge in [-0.1, -0.05) is 36.4 Å². The zero-order valence-electron chi connectivity index (χ0n) is 12.3. The number of Topliss-reactive ketones (excluding diaryl/α,β-unsaturated/α-hetero) is 1. The molecule has 1 unspecified atom stereocenters. The van der Waals surface area contributed by atoms with Gasteiger partial charge in [-0.15, -0.1) is 11.3 Å². The Bertz CT molecular complexity index is 969. The van der Waals surface area contributed by atoms with Crippen LogP contribution in [-0.4, -0.2) is 11.7 Å². The van der Waals surface area contributed by atoms with Gasteiger partial charge in [0.1, 0.15) is 0 Å². The number of carbonyl (C=O) groups is 2. The lowest BCUT2D eigenvalue weighted by Crippen LogP contribution is -2.28. The number of ketones is 1. The molecule has 4 nitrogen and oxygen atoms in total. The standard InChI is InChI=1S/C18H11BrN2O2S/c19-16-9-8-15(24-16)17(22)13(10-20)18(23)21-14-7-3-5-11-4-1-2-6-12(11)14/h1-9,13H,(H,21,23). The summed E-state index contributed by atoms with van der Waals surface area (Å²) in [5, 5.41) is 13.8. The van der Waals surface area contributed by atoms with Crippen molar-refractivity contribution < 1.29 is 9.59 Å². The van der Waals surface area contributed by atoms with Crippen molar-refractivity contribution >= 4 is 55.4 Å². The Hall–Kier alpha value is -2.49. The fourth-order valence-corrected chi connectivity index (χ4v) is 3.72. The molecule has 0 aliphatic heterocycles. The molecule has 6 heteroatoms. The summed E-state index contributed by atoms with van der Waals surface area (Å²) in [5.74, 6) is -2.50. The lowest BCUT2D eigenvalue weighted by Gasteiger charge is -2.11. The molecule has 3 aromatic rings. The second kappa shape index (κ2) is 6.95. The Morgan fingerprint density at radius 2 is 1.83 bits per heavy atom. The van der Waals surface area contributed by atoms with Crippen molar-refractivity contribution in [2.24, 2.45) is 5.92 Å². The summed E-state index contributed by atoms with van der Waals surface area (Å²) in [6.07, 6.45) is 0. The Kier molecular flexibility index (Phi) is 4.74. The lowest BCUT2D eigenvalue weighted by molar-refractivity contribution is -0.117. The summed E-state index contributed by atoms with van der Waals surface area (Å²) in [6.45, 7) is 0. The Morgan fingerprint density at radius 3 is 2.54 bits per heavy atom. The number of thiophene rings is 1. The summed E-state index contributed by atoms with van der Waals surface area (Å²) in [6, 6.07) is 18.2. The van der Waals surface area contributed by atoms with E-state index in [2.05, 4.69) is 21.2 Å². The molecule has 1 N–H and O–H groups in total. The Morgan fingerprint density at radius 1 is 1.08 bits per heavy atom. The topological polar surface area (TPSA) is 70.0 Å². The van der Waals surface area contributed by atoms with Gasteiger partial charge in [-0.05, 0) is 39.5 Å². The summed E-state index contributed by atoms with van der Waals surface area (Å²) < 4.78 is 0.775. The molecular weight excluding hydrogens is 388 g/mol. The average Bonchev–Trinajstić information content (AvgIpc) is 3.02. The van der Waals surface area contributed by atoms with Crippen molar-refractivity contribution in [2.75, 3.05) is 5.32 Å². The van der Waals surface area contributed by atoms with Gasteiger partial charge in [0.05, 0.1) is 14.7 Å². The number of nitriles is 1. The van der Waals surface area contributed by atoms with E-state index in [9.17, 15) is 14.9 Å². The molecule has 118 valence electrons. The van der Waals surface area contributed by atoms with Gasteiger partial charge in [0, 0.05) is 11.1 Å². The van der Waals surface area contributed by atoms with Crippen LogP contribution in [0.2, 0.25) is 0 Å². The quantitative estimate of drug-likeness (QED) is 0.514. The monoisotopic (exact) mass is 398 g/mol. The summed E-state index contributed by atoms with van der Waals surface area (Å²) in [5.41, 5.74) is 0.582. The zero-order valence-corrected chi connectivity index (χ0v) is 14.7. The normalized spacial score (nSPS) is 11.7. The third kappa shape index (κ3) is 3.23. The average molecular weight is 399 g/mol. The third-order valence-corrected chi connectivity index (χ3v) is 5.16. The highest BCUT2D eigenvalue weighted by molar-refractivity contribution is 9.11. The number of fused-ring (bicyclic) bond motifs is 1. The number of halogens is 1. The van der Waals surface area contributed by atoms with Crippen LogP contribution < -0.4 is 5.32 Å².